The number of thiophene rings is 1. The number of aryl methyl sites for hydroxylation is 2. The van der Waals surface area contributed by atoms with Gasteiger partial charge < -0.3 is 9.73 Å². The van der Waals surface area contributed by atoms with Crippen LogP contribution in [0.25, 0.3) is 10.6 Å². The van der Waals surface area contributed by atoms with Crippen LogP contribution in [0.5, 0.6) is 0 Å². The molecule has 2 aromatic heterocycles. The molecule has 0 radical (unpaired) electrons. The lowest BCUT2D eigenvalue weighted by Crippen LogP contribution is -2.36. The van der Waals surface area contributed by atoms with Gasteiger partial charge in [0.1, 0.15) is 0 Å². The summed E-state index contributed by atoms with van der Waals surface area (Å²) in [5.41, 5.74) is 1.43. The summed E-state index contributed by atoms with van der Waals surface area (Å²) in [6, 6.07) is 2.11. The number of hydrogen-bond donors (Lipinski definition) is 1. The summed E-state index contributed by atoms with van der Waals surface area (Å²) >= 11 is 1.70. The van der Waals surface area contributed by atoms with Crippen molar-refractivity contribution in [1.82, 2.24) is 10.3 Å². The van der Waals surface area contributed by atoms with Gasteiger partial charge in [0.2, 0.25) is 0 Å². The van der Waals surface area contributed by atoms with Gasteiger partial charge in [-0.25, -0.2) is 4.98 Å². The second-order valence-electron chi connectivity index (χ2n) is 5.83. The van der Waals surface area contributed by atoms with E-state index >= 15 is 0 Å². The first-order valence-corrected chi connectivity index (χ1v) is 7.58. The van der Waals surface area contributed by atoms with Gasteiger partial charge in [-0.05, 0) is 57.7 Å². The Labute approximate surface area is 119 Å². The zero-order valence-electron chi connectivity index (χ0n) is 12.1. The fraction of sp³-hybridized carbons (Fsp3) is 0.533. The molecule has 0 aliphatic rings. The zero-order chi connectivity index (χ0) is 13.9. The molecule has 0 saturated carbocycles. The third-order valence-electron chi connectivity index (χ3n) is 2.86. The topological polar surface area (TPSA) is 38.1 Å². The highest BCUT2D eigenvalue weighted by Crippen LogP contribution is 2.29. The average Bonchev–Trinajstić information content (AvgIpc) is 2.91. The summed E-state index contributed by atoms with van der Waals surface area (Å²) in [7, 11) is 0. The highest BCUT2D eigenvalue weighted by molar-refractivity contribution is 7.13. The van der Waals surface area contributed by atoms with Crippen LogP contribution in [-0.2, 0) is 6.42 Å². The van der Waals surface area contributed by atoms with Crippen molar-refractivity contribution in [2.75, 3.05) is 6.54 Å². The fourth-order valence-corrected chi connectivity index (χ4v) is 2.73. The van der Waals surface area contributed by atoms with Gasteiger partial charge in [-0.3, -0.25) is 0 Å². The van der Waals surface area contributed by atoms with Crippen molar-refractivity contribution in [2.45, 2.75) is 46.1 Å². The van der Waals surface area contributed by atoms with Crippen LogP contribution < -0.4 is 5.32 Å². The standard InChI is InChI=1S/C15H22N2OS/c1-11-7-9-19-14(11)12-10-16-13(18-12)6-5-8-17-15(2,3)4/h7,9-10,17H,5-6,8H2,1-4H3. The van der Waals surface area contributed by atoms with Crippen molar-refractivity contribution in [3.63, 3.8) is 0 Å². The summed E-state index contributed by atoms with van der Waals surface area (Å²) in [5.74, 6) is 1.73. The highest BCUT2D eigenvalue weighted by Gasteiger charge is 2.11. The molecule has 0 unspecified atom stereocenters. The van der Waals surface area contributed by atoms with E-state index in [-0.39, 0.29) is 5.54 Å². The molecule has 0 saturated heterocycles. The first-order chi connectivity index (χ1) is 8.96. The number of aromatic nitrogens is 1. The van der Waals surface area contributed by atoms with Crippen LogP contribution >= 0.6 is 11.3 Å². The Balaban J connectivity index is 1.87. The molecule has 1 N–H and O–H groups in total. The Morgan fingerprint density at radius 3 is 2.79 bits per heavy atom. The molecule has 104 valence electrons. The lowest BCUT2D eigenvalue weighted by molar-refractivity contribution is 0.413. The van der Waals surface area contributed by atoms with E-state index in [0.29, 0.717) is 0 Å². The van der Waals surface area contributed by atoms with E-state index in [1.54, 1.807) is 11.3 Å². The van der Waals surface area contributed by atoms with Gasteiger partial charge in [-0.15, -0.1) is 11.3 Å². The molecule has 2 aromatic rings. The van der Waals surface area contributed by atoms with Crippen LogP contribution in [0.3, 0.4) is 0 Å². The van der Waals surface area contributed by atoms with Crippen LogP contribution in [0.2, 0.25) is 0 Å². The van der Waals surface area contributed by atoms with Crippen molar-refractivity contribution in [3.05, 3.63) is 29.1 Å². The SMILES string of the molecule is Cc1ccsc1-c1cnc(CCCNC(C)(C)C)o1. The normalized spacial score (nSPS) is 12.0. The number of hydrogen-bond acceptors (Lipinski definition) is 4. The molecule has 0 atom stereocenters. The summed E-state index contributed by atoms with van der Waals surface area (Å²) < 4.78 is 5.81. The van der Waals surface area contributed by atoms with E-state index in [2.05, 4.69) is 49.4 Å². The van der Waals surface area contributed by atoms with E-state index in [4.69, 9.17) is 4.42 Å². The number of oxazole rings is 1. The minimum Gasteiger partial charge on any atom is -0.440 e. The molecule has 0 spiro atoms. The van der Waals surface area contributed by atoms with Crippen molar-refractivity contribution < 1.29 is 4.42 Å². The molecule has 0 fully saturated rings. The predicted molar refractivity (Wildman–Crippen MR) is 80.6 cm³/mol. The third-order valence-corrected chi connectivity index (χ3v) is 3.89. The van der Waals surface area contributed by atoms with Crippen LogP contribution in [0, 0.1) is 6.92 Å². The van der Waals surface area contributed by atoms with Gasteiger partial charge in [-0.2, -0.15) is 0 Å². The van der Waals surface area contributed by atoms with Crippen LogP contribution in [0.15, 0.2) is 22.1 Å². The fourth-order valence-electron chi connectivity index (χ4n) is 1.86. The van der Waals surface area contributed by atoms with Crippen molar-refractivity contribution in [2.24, 2.45) is 0 Å². The van der Waals surface area contributed by atoms with E-state index in [1.165, 1.54) is 10.4 Å². The Bertz CT molecular complexity index is 522. The van der Waals surface area contributed by atoms with E-state index in [9.17, 15) is 0 Å². The Kier molecular flexibility index (Phi) is 4.42. The lowest BCUT2D eigenvalue weighted by atomic mass is 10.1. The minimum absolute atomic E-state index is 0.176. The highest BCUT2D eigenvalue weighted by atomic mass is 32.1. The molecule has 2 heterocycles. The van der Waals surface area contributed by atoms with Gasteiger partial charge in [0.15, 0.2) is 11.7 Å². The van der Waals surface area contributed by atoms with Crippen molar-refractivity contribution >= 4 is 11.3 Å². The van der Waals surface area contributed by atoms with E-state index in [1.807, 2.05) is 6.20 Å². The lowest BCUT2D eigenvalue weighted by Gasteiger charge is -2.19. The maximum atomic E-state index is 5.81. The van der Waals surface area contributed by atoms with Crippen molar-refractivity contribution in [1.29, 1.82) is 0 Å². The maximum Gasteiger partial charge on any atom is 0.194 e. The Morgan fingerprint density at radius 2 is 2.16 bits per heavy atom. The Hall–Kier alpha value is -1.13. The molecule has 0 bridgehead atoms. The summed E-state index contributed by atoms with van der Waals surface area (Å²) in [6.45, 7) is 9.61. The Morgan fingerprint density at radius 1 is 1.37 bits per heavy atom. The molecule has 0 aliphatic heterocycles. The molecule has 2 rings (SSSR count). The molecule has 0 amide bonds. The summed E-state index contributed by atoms with van der Waals surface area (Å²) in [6.07, 6.45) is 3.76. The average molecular weight is 278 g/mol. The van der Waals surface area contributed by atoms with Gasteiger partial charge in [0, 0.05) is 12.0 Å². The van der Waals surface area contributed by atoms with Crippen LogP contribution in [-0.4, -0.2) is 17.1 Å². The summed E-state index contributed by atoms with van der Waals surface area (Å²) in [5, 5.41) is 5.55. The minimum atomic E-state index is 0.176. The number of nitrogens with one attached hydrogen (secondary N) is 1. The smallest absolute Gasteiger partial charge is 0.194 e. The third kappa shape index (κ3) is 4.18. The molecular weight excluding hydrogens is 256 g/mol. The second-order valence-corrected chi connectivity index (χ2v) is 6.75. The predicted octanol–water partition coefficient (Wildman–Crippen LogP) is 4.03. The van der Waals surface area contributed by atoms with E-state index in [0.717, 1.165) is 31.0 Å². The first kappa shape index (κ1) is 14.3. The van der Waals surface area contributed by atoms with Gasteiger partial charge in [-0.1, -0.05) is 0 Å². The summed E-state index contributed by atoms with van der Waals surface area (Å²) in [4.78, 5) is 5.55. The largest absolute Gasteiger partial charge is 0.440 e. The van der Waals surface area contributed by atoms with Crippen LogP contribution in [0.1, 0.15) is 38.6 Å². The molecule has 4 heteroatoms. The van der Waals surface area contributed by atoms with Crippen LogP contribution in [0.4, 0.5) is 0 Å². The molecule has 19 heavy (non-hydrogen) atoms. The quantitative estimate of drug-likeness (QED) is 0.839. The first-order valence-electron chi connectivity index (χ1n) is 6.70. The number of rotatable bonds is 5. The molecule has 0 aromatic carbocycles. The van der Waals surface area contributed by atoms with Gasteiger partial charge >= 0.3 is 0 Å². The van der Waals surface area contributed by atoms with E-state index < -0.39 is 0 Å². The van der Waals surface area contributed by atoms with Crippen molar-refractivity contribution in [3.8, 4) is 10.6 Å². The molecule has 3 nitrogen and oxygen atoms in total. The maximum absolute atomic E-state index is 5.81. The molecule has 0 aliphatic carbocycles. The van der Waals surface area contributed by atoms with Gasteiger partial charge in [0.25, 0.3) is 0 Å². The zero-order valence-corrected chi connectivity index (χ0v) is 12.9. The monoisotopic (exact) mass is 278 g/mol. The second kappa shape index (κ2) is 5.88. The number of nitrogens with zero attached hydrogens (tertiary/aromatic N) is 1. The molecular formula is C15H22N2OS. The van der Waals surface area contributed by atoms with Gasteiger partial charge in [0.05, 0.1) is 11.1 Å².